The number of rotatable bonds is 4. The van der Waals surface area contributed by atoms with Crippen molar-refractivity contribution in [3.8, 4) is 0 Å². The number of Topliss-reactive ketones (excluding diaryl/α,β-unsaturated/α-hetero) is 1. The molecule has 0 saturated heterocycles. The third-order valence-corrected chi connectivity index (χ3v) is 6.91. The third kappa shape index (κ3) is 3.86. The summed E-state index contributed by atoms with van der Waals surface area (Å²) in [5.74, 6) is 0.973. The highest BCUT2D eigenvalue weighted by molar-refractivity contribution is 7.98. The lowest BCUT2D eigenvalue weighted by atomic mass is 9.73. The fourth-order valence-electron chi connectivity index (χ4n) is 4.47. The van der Waals surface area contributed by atoms with E-state index in [1.807, 2.05) is 17.7 Å². The van der Waals surface area contributed by atoms with Gasteiger partial charge in [-0.3, -0.25) is 4.79 Å². The number of fused-ring (bicyclic) bond motifs is 1. The van der Waals surface area contributed by atoms with Crippen molar-refractivity contribution in [2.24, 2.45) is 5.41 Å². The number of nitrogens with zero attached hydrogens (tertiary/aromatic N) is 3. The molecule has 0 amide bonds. The largest absolute Gasteiger partial charge is 0.328 e. The van der Waals surface area contributed by atoms with E-state index in [-0.39, 0.29) is 23.1 Å². The number of aryl methyl sites for hydroxylation is 1. The number of hydrogen-bond donors (Lipinski definition) is 1. The van der Waals surface area contributed by atoms with Gasteiger partial charge in [-0.15, -0.1) is 5.10 Å². The Balaban J connectivity index is 1.53. The average Bonchev–Trinajstić information content (AvgIpc) is 3.14. The van der Waals surface area contributed by atoms with Gasteiger partial charge in [0.15, 0.2) is 5.78 Å². The average molecular weight is 449 g/mol. The van der Waals surface area contributed by atoms with Gasteiger partial charge in [0.1, 0.15) is 11.9 Å². The van der Waals surface area contributed by atoms with Gasteiger partial charge in [-0.2, -0.15) is 4.98 Å². The Morgan fingerprint density at radius 1 is 1.16 bits per heavy atom. The summed E-state index contributed by atoms with van der Waals surface area (Å²) < 4.78 is 15.8. The second-order valence-electron chi connectivity index (χ2n) is 9.31. The summed E-state index contributed by atoms with van der Waals surface area (Å²) in [5.41, 5.74) is 4.38. The number of ketones is 1. The number of benzene rings is 2. The Morgan fingerprint density at radius 3 is 2.66 bits per heavy atom. The number of halogens is 1. The maximum Gasteiger partial charge on any atom is 0.227 e. The molecule has 1 atom stereocenters. The molecule has 3 aromatic rings. The molecule has 0 bridgehead atoms. The summed E-state index contributed by atoms with van der Waals surface area (Å²) in [6.45, 7) is 6.28. The normalized spacial score (nSPS) is 19.4. The zero-order valence-electron chi connectivity index (χ0n) is 18.4. The van der Waals surface area contributed by atoms with Crippen molar-refractivity contribution < 1.29 is 9.18 Å². The summed E-state index contributed by atoms with van der Waals surface area (Å²) in [5, 5.41) is 8.68. The van der Waals surface area contributed by atoms with Crippen LogP contribution in [0.15, 0.2) is 65.0 Å². The molecule has 0 saturated carbocycles. The van der Waals surface area contributed by atoms with Crippen molar-refractivity contribution in [2.45, 2.75) is 50.6 Å². The smallest absolute Gasteiger partial charge is 0.227 e. The van der Waals surface area contributed by atoms with Crippen molar-refractivity contribution in [1.29, 1.82) is 0 Å². The fraction of sp³-hybridized carbons (Fsp3) is 0.320. The van der Waals surface area contributed by atoms with Gasteiger partial charge in [-0.05, 0) is 36.0 Å². The number of hydrogen-bond acceptors (Lipinski definition) is 5. The number of carbonyl (C=O) groups excluding carboxylic acids is 1. The van der Waals surface area contributed by atoms with E-state index in [2.05, 4.69) is 48.4 Å². The zero-order chi connectivity index (χ0) is 22.5. The van der Waals surface area contributed by atoms with Gasteiger partial charge in [-0.1, -0.05) is 73.6 Å². The molecule has 2 aliphatic rings. The minimum atomic E-state index is -0.319. The number of carbonyl (C=O) groups is 1. The van der Waals surface area contributed by atoms with E-state index in [1.54, 1.807) is 12.1 Å². The molecule has 0 fully saturated rings. The van der Waals surface area contributed by atoms with Crippen molar-refractivity contribution in [2.75, 3.05) is 5.32 Å². The predicted molar refractivity (Wildman–Crippen MR) is 124 cm³/mol. The highest BCUT2D eigenvalue weighted by Gasteiger charge is 2.41. The molecule has 1 aliphatic carbocycles. The molecule has 5 rings (SSSR count). The van der Waals surface area contributed by atoms with Crippen LogP contribution in [0.2, 0.25) is 0 Å². The third-order valence-electron chi connectivity index (χ3n) is 6.02. The first kappa shape index (κ1) is 20.9. The quantitative estimate of drug-likeness (QED) is 0.521. The van der Waals surface area contributed by atoms with Crippen LogP contribution in [0.1, 0.15) is 49.4 Å². The van der Waals surface area contributed by atoms with Crippen LogP contribution in [-0.2, 0) is 10.5 Å². The highest BCUT2D eigenvalue weighted by atomic mass is 32.2. The second kappa shape index (κ2) is 7.89. The van der Waals surface area contributed by atoms with Crippen LogP contribution in [0.3, 0.4) is 0 Å². The number of aromatic nitrogens is 3. The van der Waals surface area contributed by atoms with Gasteiger partial charge in [0, 0.05) is 23.4 Å². The topological polar surface area (TPSA) is 59.8 Å². The second-order valence-corrected chi connectivity index (χ2v) is 10.3. The van der Waals surface area contributed by atoms with Crippen molar-refractivity contribution >= 4 is 23.5 Å². The SMILES string of the molecule is Cc1ccc(C2C3=C(CC(C)(C)CC3=O)Nc3nc(SCc4ccccc4F)nn32)cc1. The molecule has 7 heteroatoms. The van der Waals surface area contributed by atoms with Gasteiger partial charge in [0.2, 0.25) is 11.1 Å². The van der Waals surface area contributed by atoms with E-state index in [0.717, 1.165) is 28.8 Å². The van der Waals surface area contributed by atoms with Crippen LogP contribution >= 0.6 is 11.8 Å². The first-order chi connectivity index (χ1) is 15.3. The Hall–Kier alpha value is -2.93. The molecular formula is C25H25FN4OS. The predicted octanol–water partition coefficient (Wildman–Crippen LogP) is 5.68. The van der Waals surface area contributed by atoms with Gasteiger partial charge in [0.05, 0.1) is 0 Å². The van der Waals surface area contributed by atoms with Crippen molar-refractivity contribution in [3.05, 3.63) is 82.3 Å². The summed E-state index contributed by atoms with van der Waals surface area (Å²) in [6.07, 6.45) is 1.29. The minimum Gasteiger partial charge on any atom is -0.328 e. The summed E-state index contributed by atoms with van der Waals surface area (Å²) in [6, 6.07) is 14.6. The van der Waals surface area contributed by atoms with E-state index in [0.29, 0.717) is 28.8 Å². The van der Waals surface area contributed by atoms with Crippen LogP contribution in [0.5, 0.6) is 0 Å². The maximum absolute atomic E-state index is 14.0. The molecule has 2 aromatic carbocycles. The Morgan fingerprint density at radius 2 is 1.91 bits per heavy atom. The monoisotopic (exact) mass is 448 g/mol. The Labute approximate surface area is 191 Å². The van der Waals surface area contributed by atoms with Gasteiger partial charge in [-0.25, -0.2) is 9.07 Å². The fourth-order valence-corrected chi connectivity index (χ4v) is 5.28. The lowest BCUT2D eigenvalue weighted by Gasteiger charge is -2.38. The molecular weight excluding hydrogens is 423 g/mol. The molecule has 0 spiro atoms. The number of thioether (sulfide) groups is 1. The summed E-state index contributed by atoms with van der Waals surface area (Å²) >= 11 is 1.39. The van der Waals surface area contributed by atoms with Crippen molar-refractivity contribution in [1.82, 2.24) is 14.8 Å². The van der Waals surface area contributed by atoms with Crippen LogP contribution in [0.25, 0.3) is 0 Å². The summed E-state index contributed by atoms with van der Waals surface area (Å²) in [7, 11) is 0. The highest BCUT2D eigenvalue weighted by Crippen LogP contribution is 2.45. The summed E-state index contributed by atoms with van der Waals surface area (Å²) in [4.78, 5) is 17.9. The standard InChI is InChI=1S/C25H25FN4OS/c1-15-8-10-16(11-9-15)22-21-19(12-25(2,3)13-20(21)31)27-23-28-24(29-30(22)23)32-14-17-6-4-5-7-18(17)26/h4-11,22H,12-14H2,1-3H3,(H,27,28,29). The van der Waals surface area contributed by atoms with Crippen LogP contribution in [0.4, 0.5) is 10.3 Å². The van der Waals surface area contributed by atoms with Crippen LogP contribution in [0, 0.1) is 18.2 Å². The zero-order valence-corrected chi connectivity index (χ0v) is 19.2. The molecule has 1 unspecified atom stereocenters. The molecule has 2 heterocycles. The lowest BCUT2D eigenvalue weighted by molar-refractivity contribution is -0.118. The molecule has 164 valence electrons. The van der Waals surface area contributed by atoms with E-state index in [1.165, 1.54) is 17.8 Å². The van der Waals surface area contributed by atoms with Crippen molar-refractivity contribution in [3.63, 3.8) is 0 Å². The molecule has 1 aliphatic heterocycles. The van der Waals surface area contributed by atoms with Crippen LogP contribution < -0.4 is 5.32 Å². The minimum absolute atomic E-state index is 0.106. The molecule has 0 radical (unpaired) electrons. The maximum atomic E-state index is 14.0. The lowest BCUT2D eigenvalue weighted by Crippen LogP contribution is -2.36. The van der Waals surface area contributed by atoms with E-state index >= 15 is 0 Å². The van der Waals surface area contributed by atoms with Gasteiger partial charge in [0.25, 0.3) is 0 Å². The van der Waals surface area contributed by atoms with E-state index in [9.17, 15) is 9.18 Å². The first-order valence-corrected chi connectivity index (χ1v) is 11.7. The van der Waals surface area contributed by atoms with Gasteiger partial charge < -0.3 is 5.32 Å². The number of anilines is 1. The molecule has 1 N–H and O–H groups in total. The first-order valence-electron chi connectivity index (χ1n) is 10.7. The van der Waals surface area contributed by atoms with Gasteiger partial charge >= 0.3 is 0 Å². The Kier molecular flexibility index (Phi) is 5.16. The number of allylic oxidation sites excluding steroid dienone is 2. The molecule has 32 heavy (non-hydrogen) atoms. The van der Waals surface area contributed by atoms with Crippen LogP contribution in [-0.4, -0.2) is 20.5 Å². The number of nitrogens with one attached hydrogen (secondary N) is 1. The van der Waals surface area contributed by atoms with E-state index in [4.69, 9.17) is 5.10 Å². The molecule has 1 aromatic heterocycles. The molecule has 5 nitrogen and oxygen atoms in total. The Bertz CT molecular complexity index is 1230. The van der Waals surface area contributed by atoms with E-state index < -0.39 is 0 Å².